The monoisotopic (exact) mass is 257 g/mol. The van der Waals surface area contributed by atoms with Crippen molar-refractivity contribution in [1.29, 1.82) is 0 Å². The van der Waals surface area contributed by atoms with E-state index in [-0.39, 0.29) is 0 Å². The van der Waals surface area contributed by atoms with Crippen LogP contribution in [0.4, 0.5) is 0 Å². The predicted octanol–water partition coefficient (Wildman–Crippen LogP) is 2.96. The summed E-state index contributed by atoms with van der Waals surface area (Å²) in [5.74, 6) is 0.938. The highest BCUT2D eigenvalue weighted by Gasteiger charge is 2.39. The maximum absolute atomic E-state index is 6.04. The summed E-state index contributed by atoms with van der Waals surface area (Å²) in [4.78, 5) is 2.53. The quantitative estimate of drug-likeness (QED) is 0.816. The van der Waals surface area contributed by atoms with Gasteiger partial charge in [-0.25, -0.2) is 0 Å². The molecule has 0 spiro atoms. The predicted molar refractivity (Wildman–Crippen MR) is 65.7 cm³/mol. The number of hydrogen-bond donors (Lipinski definition) is 0. The summed E-state index contributed by atoms with van der Waals surface area (Å²) >= 11 is 7.33. The molecule has 1 saturated carbocycles. The molecule has 3 rings (SSSR count). The molecule has 1 aromatic heterocycles. The van der Waals surface area contributed by atoms with E-state index in [4.69, 9.17) is 11.6 Å². The van der Waals surface area contributed by atoms with Crippen LogP contribution < -0.4 is 0 Å². The van der Waals surface area contributed by atoms with Crippen LogP contribution in [0.5, 0.6) is 0 Å². The first-order chi connectivity index (χ1) is 7.84. The number of halogens is 1. The first-order valence-corrected chi connectivity index (χ1v) is 7.20. The van der Waals surface area contributed by atoms with Crippen molar-refractivity contribution in [1.82, 2.24) is 14.5 Å². The molecule has 1 aliphatic heterocycles. The SMILES string of the molecule is Clc1snnc1CN1C[C@@H]2CCCCC[C@@H]21. The fourth-order valence-corrected chi connectivity index (χ4v) is 3.63. The van der Waals surface area contributed by atoms with Crippen molar-refractivity contribution >= 4 is 23.1 Å². The van der Waals surface area contributed by atoms with Crippen LogP contribution in [-0.4, -0.2) is 27.1 Å². The van der Waals surface area contributed by atoms with E-state index in [1.165, 1.54) is 50.2 Å². The summed E-state index contributed by atoms with van der Waals surface area (Å²) in [5, 5.41) is 4.09. The molecule has 5 heteroatoms. The zero-order valence-electron chi connectivity index (χ0n) is 9.23. The van der Waals surface area contributed by atoms with Gasteiger partial charge in [-0.15, -0.1) is 5.10 Å². The lowest BCUT2D eigenvalue weighted by Gasteiger charge is -2.47. The molecular weight excluding hydrogens is 242 g/mol. The molecule has 0 unspecified atom stereocenters. The van der Waals surface area contributed by atoms with Crippen LogP contribution in [0.25, 0.3) is 0 Å². The Balaban J connectivity index is 1.63. The summed E-state index contributed by atoms with van der Waals surface area (Å²) < 4.78 is 4.65. The average Bonchev–Trinajstić information content (AvgIpc) is 2.55. The Bertz CT molecular complexity index is 368. The molecule has 88 valence electrons. The number of likely N-dealkylation sites (tertiary alicyclic amines) is 1. The third-order valence-corrected chi connectivity index (χ3v) is 4.90. The van der Waals surface area contributed by atoms with Gasteiger partial charge in [0, 0.05) is 30.7 Å². The van der Waals surface area contributed by atoms with Crippen LogP contribution in [0.2, 0.25) is 4.34 Å². The molecule has 0 radical (unpaired) electrons. The number of hydrogen-bond acceptors (Lipinski definition) is 4. The number of fused-ring (bicyclic) bond motifs is 1. The Hall–Kier alpha value is -0.190. The third kappa shape index (κ3) is 1.98. The molecule has 1 saturated heterocycles. The highest BCUT2D eigenvalue weighted by molar-refractivity contribution is 7.10. The molecular formula is C11H16ClN3S. The molecule has 2 fully saturated rings. The van der Waals surface area contributed by atoms with Crippen molar-refractivity contribution in [3.63, 3.8) is 0 Å². The Morgan fingerprint density at radius 3 is 3.00 bits per heavy atom. The minimum Gasteiger partial charge on any atom is -0.294 e. The van der Waals surface area contributed by atoms with Crippen LogP contribution in [0, 0.1) is 5.92 Å². The second kappa shape index (κ2) is 4.59. The van der Waals surface area contributed by atoms with E-state index in [2.05, 4.69) is 14.5 Å². The van der Waals surface area contributed by atoms with E-state index in [1.807, 2.05) is 0 Å². The van der Waals surface area contributed by atoms with E-state index in [0.29, 0.717) is 0 Å². The van der Waals surface area contributed by atoms with Crippen LogP contribution in [0.15, 0.2) is 0 Å². The van der Waals surface area contributed by atoms with Gasteiger partial charge < -0.3 is 0 Å². The molecule has 3 nitrogen and oxygen atoms in total. The van der Waals surface area contributed by atoms with Crippen molar-refractivity contribution in [2.45, 2.75) is 44.7 Å². The minimum absolute atomic E-state index is 0.761. The van der Waals surface area contributed by atoms with E-state index in [9.17, 15) is 0 Å². The first kappa shape index (κ1) is 10.9. The Kier molecular flexibility index (Phi) is 3.14. The number of nitrogens with zero attached hydrogens (tertiary/aromatic N) is 3. The average molecular weight is 258 g/mol. The van der Waals surface area contributed by atoms with Crippen molar-refractivity contribution in [2.75, 3.05) is 6.54 Å². The van der Waals surface area contributed by atoms with Crippen molar-refractivity contribution in [3.8, 4) is 0 Å². The lowest BCUT2D eigenvalue weighted by molar-refractivity contribution is 0.00205. The summed E-state index contributed by atoms with van der Waals surface area (Å²) in [6.07, 6.45) is 7.01. The molecule has 1 aromatic rings. The Labute approximate surface area is 105 Å². The first-order valence-electron chi connectivity index (χ1n) is 6.05. The van der Waals surface area contributed by atoms with Gasteiger partial charge in [0.15, 0.2) is 0 Å². The van der Waals surface area contributed by atoms with Gasteiger partial charge >= 0.3 is 0 Å². The zero-order valence-corrected chi connectivity index (χ0v) is 10.8. The van der Waals surface area contributed by atoms with Crippen LogP contribution in [0.1, 0.15) is 37.8 Å². The molecule has 0 bridgehead atoms. The second-order valence-corrected chi connectivity index (χ2v) is 6.24. The maximum Gasteiger partial charge on any atom is 0.138 e. The van der Waals surface area contributed by atoms with Crippen LogP contribution in [-0.2, 0) is 6.54 Å². The molecule has 0 amide bonds. The van der Waals surface area contributed by atoms with Gasteiger partial charge in [0.25, 0.3) is 0 Å². The third-order valence-electron chi connectivity index (χ3n) is 3.92. The lowest BCUT2D eigenvalue weighted by atomic mass is 9.84. The van der Waals surface area contributed by atoms with Crippen LogP contribution in [0.3, 0.4) is 0 Å². The van der Waals surface area contributed by atoms with Gasteiger partial charge in [0.05, 0.1) is 0 Å². The number of rotatable bonds is 2. The van der Waals surface area contributed by atoms with Gasteiger partial charge in [-0.05, 0) is 18.8 Å². The van der Waals surface area contributed by atoms with Gasteiger partial charge in [-0.2, -0.15) is 0 Å². The molecule has 0 aromatic carbocycles. The largest absolute Gasteiger partial charge is 0.294 e. The van der Waals surface area contributed by atoms with E-state index >= 15 is 0 Å². The summed E-state index contributed by atoms with van der Waals surface area (Å²) in [5.41, 5.74) is 0.967. The molecule has 2 atom stereocenters. The molecule has 0 N–H and O–H groups in total. The minimum atomic E-state index is 0.761. The maximum atomic E-state index is 6.04. The normalized spacial score (nSPS) is 30.6. The van der Waals surface area contributed by atoms with Crippen molar-refractivity contribution < 1.29 is 0 Å². The highest BCUT2D eigenvalue weighted by atomic mass is 35.5. The van der Waals surface area contributed by atoms with Crippen molar-refractivity contribution in [3.05, 3.63) is 10.0 Å². The van der Waals surface area contributed by atoms with E-state index in [0.717, 1.165) is 28.5 Å². The van der Waals surface area contributed by atoms with Gasteiger partial charge in [0.1, 0.15) is 10.0 Å². The molecule has 2 heterocycles. The smallest absolute Gasteiger partial charge is 0.138 e. The van der Waals surface area contributed by atoms with Gasteiger partial charge in [-0.1, -0.05) is 35.4 Å². The Morgan fingerprint density at radius 2 is 2.19 bits per heavy atom. The van der Waals surface area contributed by atoms with Gasteiger partial charge in [-0.3, -0.25) is 4.90 Å². The van der Waals surface area contributed by atoms with Gasteiger partial charge in [0.2, 0.25) is 0 Å². The summed E-state index contributed by atoms with van der Waals surface area (Å²) in [7, 11) is 0. The summed E-state index contributed by atoms with van der Waals surface area (Å²) in [6.45, 7) is 2.13. The summed E-state index contributed by atoms with van der Waals surface area (Å²) in [6, 6.07) is 0.792. The fourth-order valence-electron chi connectivity index (χ4n) is 3.02. The van der Waals surface area contributed by atoms with Crippen molar-refractivity contribution in [2.24, 2.45) is 5.92 Å². The standard InChI is InChI=1S/C11H16ClN3S/c12-11-9(13-14-16-11)7-15-6-8-4-2-1-3-5-10(8)15/h8,10H,1-7H2/t8-,10-/m0/s1. The lowest BCUT2D eigenvalue weighted by Crippen LogP contribution is -2.54. The fraction of sp³-hybridized carbons (Fsp3) is 0.818. The number of aromatic nitrogens is 2. The zero-order chi connectivity index (χ0) is 11.0. The van der Waals surface area contributed by atoms with E-state index in [1.54, 1.807) is 0 Å². The topological polar surface area (TPSA) is 29.0 Å². The molecule has 1 aliphatic carbocycles. The Morgan fingerprint density at radius 1 is 1.31 bits per heavy atom. The van der Waals surface area contributed by atoms with E-state index < -0.39 is 0 Å². The highest BCUT2D eigenvalue weighted by Crippen LogP contribution is 2.37. The molecule has 16 heavy (non-hydrogen) atoms. The molecule has 2 aliphatic rings. The van der Waals surface area contributed by atoms with Crippen LogP contribution >= 0.6 is 23.1 Å². The second-order valence-electron chi connectivity index (χ2n) is 4.89.